The number of aromatic amines is 2. The second-order valence-corrected chi connectivity index (χ2v) is 14.6. The molecule has 0 saturated carbocycles. The Bertz CT molecular complexity index is 2190. The van der Waals surface area contributed by atoms with E-state index in [9.17, 15) is 29.4 Å². The molecular weight excluding hydrogens is 713 g/mol. The Morgan fingerprint density at radius 2 is 0.946 bits per heavy atom. The van der Waals surface area contributed by atoms with Crippen molar-refractivity contribution in [3.8, 4) is 0 Å². The van der Waals surface area contributed by atoms with Gasteiger partial charge in [-0.15, -0.1) is 0 Å². The molecular formula is C42H58N8O6. The van der Waals surface area contributed by atoms with E-state index in [-0.39, 0.29) is 24.7 Å². The molecule has 2 aliphatic rings. The van der Waals surface area contributed by atoms with Gasteiger partial charge in [-0.25, -0.2) is 9.97 Å². The Labute approximate surface area is 328 Å². The number of primary amides is 2. The normalized spacial score (nSPS) is 12.4. The summed E-state index contributed by atoms with van der Waals surface area (Å²) < 4.78 is 0. The summed E-state index contributed by atoms with van der Waals surface area (Å²) in [6.07, 6.45) is 2.37. The number of carboxylic acids is 2. The second-order valence-electron chi connectivity index (χ2n) is 14.6. The van der Waals surface area contributed by atoms with Crippen molar-refractivity contribution in [2.75, 3.05) is 41.3 Å². The van der Waals surface area contributed by atoms with E-state index in [0.29, 0.717) is 37.3 Å². The number of rotatable bonds is 12. The maximum Gasteiger partial charge on any atom is 0.303 e. The second kappa shape index (κ2) is 19.8. The van der Waals surface area contributed by atoms with E-state index in [1.54, 1.807) is 38.0 Å². The minimum Gasteiger partial charge on any atom is -0.481 e. The van der Waals surface area contributed by atoms with Crippen LogP contribution in [0.4, 0.5) is 0 Å². The number of fused-ring (bicyclic) bond motifs is 8. The molecule has 0 saturated heterocycles. The number of aryl methyl sites for hydroxylation is 4. The maximum atomic E-state index is 11.5. The third-order valence-corrected chi connectivity index (χ3v) is 9.63. The smallest absolute Gasteiger partial charge is 0.303 e. The molecule has 56 heavy (non-hydrogen) atoms. The van der Waals surface area contributed by atoms with Gasteiger partial charge < -0.3 is 41.4 Å². The van der Waals surface area contributed by atoms with Crippen LogP contribution in [0, 0.1) is 13.8 Å². The molecule has 302 valence electrons. The molecule has 0 aromatic carbocycles. The van der Waals surface area contributed by atoms with Crippen LogP contribution in [0.25, 0.3) is 44.4 Å². The van der Waals surface area contributed by atoms with Crippen molar-refractivity contribution < 1.29 is 29.4 Å². The molecule has 0 aliphatic carbocycles. The van der Waals surface area contributed by atoms with E-state index in [4.69, 9.17) is 21.4 Å². The SMILES string of the molecule is CCc1c(C)c2cc3[nH]c(cc4nc(cc5nc(cc1[nH]2)C(C)=C5CCC(=O)O)C(CCC(=O)O)=C4C)c(C)c3CC.CN(C)CC(N)=O.CN(C)CC(N)=O. The summed E-state index contributed by atoms with van der Waals surface area (Å²) in [4.78, 5) is 63.8. The Morgan fingerprint density at radius 3 is 1.27 bits per heavy atom. The summed E-state index contributed by atoms with van der Waals surface area (Å²) in [5, 5.41) is 18.9. The number of hydrogen-bond donors (Lipinski definition) is 6. The van der Waals surface area contributed by atoms with E-state index >= 15 is 0 Å². The van der Waals surface area contributed by atoms with Gasteiger partial charge >= 0.3 is 11.9 Å². The van der Waals surface area contributed by atoms with Crippen LogP contribution in [0.5, 0.6) is 0 Å². The van der Waals surface area contributed by atoms with E-state index in [0.717, 1.165) is 74.2 Å². The van der Waals surface area contributed by atoms with Gasteiger partial charge in [0.25, 0.3) is 0 Å². The molecule has 2 aliphatic heterocycles. The van der Waals surface area contributed by atoms with Gasteiger partial charge in [-0.3, -0.25) is 19.2 Å². The van der Waals surface area contributed by atoms with E-state index in [1.807, 2.05) is 26.0 Å². The summed E-state index contributed by atoms with van der Waals surface area (Å²) in [5.74, 6) is -2.31. The van der Waals surface area contributed by atoms with Crippen molar-refractivity contribution >= 4 is 68.1 Å². The number of nitrogens with two attached hydrogens (primary N) is 2. The number of nitrogens with zero attached hydrogens (tertiary/aromatic N) is 4. The maximum absolute atomic E-state index is 11.5. The van der Waals surface area contributed by atoms with Gasteiger partial charge in [0.05, 0.1) is 35.9 Å². The molecule has 8 N–H and O–H groups in total. The Kier molecular flexibility index (Phi) is 15.9. The quantitative estimate of drug-likeness (QED) is 0.131. The van der Waals surface area contributed by atoms with Gasteiger partial charge in [-0.1, -0.05) is 13.8 Å². The topological polar surface area (TPSA) is 225 Å². The zero-order chi connectivity index (χ0) is 42.0. The summed E-state index contributed by atoms with van der Waals surface area (Å²) >= 11 is 0. The summed E-state index contributed by atoms with van der Waals surface area (Å²) in [7, 11) is 7.19. The predicted molar refractivity (Wildman–Crippen MR) is 223 cm³/mol. The van der Waals surface area contributed by atoms with Crippen molar-refractivity contribution in [2.24, 2.45) is 11.5 Å². The molecule has 0 fully saturated rings. The van der Waals surface area contributed by atoms with Gasteiger partial charge in [-0.2, -0.15) is 0 Å². The monoisotopic (exact) mass is 770 g/mol. The van der Waals surface area contributed by atoms with Crippen LogP contribution < -0.4 is 11.5 Å². The number of amides is 2. The van der Waals surface area contributed by atoms with Crippen LogP contribution >= 0.6 is 0 Å². The van der Waals surface area contributed by atoms with Gasteiger partial charge in [0.15, 0.2) is 0 Å². The fourth-order valence-electron chi connectivity index (χ4n) is 6.85. The Balaban J connectivity index is 0.000000512. The number of carboxylic acid groups (broad SMARTS) is 2. The molecule has 5 rings (SSSR count). The number of aliphatic carboxylic acids is 2. The fourth-order valence-corrected chi connectivity index (χ4v) is 6.85. The summed E-state index contributed by atoms with van der Waals surface area (Å²) in [5.41, 5.74) is 25.0. The first-order valence-electron chi connectivity index (χ1n) is 18.7. The fraction of sp³-hybridized carbons (Fsp3) is 0.429. The first kappa shape index (κ1) is 44.8. The molecule has 2 amide bonds. The lowest BCUT2D eigenvalue weighted by atomic mass is 9.98. The number of aromatic nitrogens is 4. The zero-order valence-corrected chi connectivity index (χ0v) is 34.4. The molecule has 0 atom stereocenters. The van der Waals surface area contributed by atoms with Crippen molar-refractivity contribution in [2.45, 2.75) is 80.1 Å². The largest absolute Gasteiger partial charge is 0.481 e. The lowest BCUT2D eigenvalue weighted by Gasteiger charge is -2.05. The minimum absolute atomic E-state index is 0.0138. The highest BCUT2D eigenvalue weighted by atomic mass is 16.4. The van der Waals surface area contributed by atoms with Crippen molar-refractivity contribution in [1.82, 2.24) is 29.7 Å². The number of allylic oxidation sites excluding steroid dienone is 4. The Hall–Kier alpha value is -5.60. The molecule has 8 bridgehead atoms. The van der Waals surface area contributed by atoms with Gasteiger partial charge in [0.1, 0.15) is 0 Å². The highest BCUT2D eigenvalue weighted by molar-refractivity contribution is 5.96. The van der Waals surface area contributed by atoms with Crippen molar-refractivity contribution in [3.63, 3.8) is 0 Å². The van der Waals surface area contributed by atoms with Gasteiger partial charge in [-0.05, 0) is 150 Å². The van der Waals surface area contributed by atoms with E-state index < -0.39 is 11.9 Å². The summed E-state index contributed by atoms with van der Waals surface area (Å²) in [6, 6.07) is 8.19. The predicted octanol–water partition coefficient (Wildman–Crippen LogP) is 5.71. The zero-order valence-electron chi connectivity index (χ0n) is 34.4. The Morgan fingerprint density at radius 1 is 0.589 bits per heavy atom. The van der Waals surface area contributed by atoms with Crippen molar-refractivity contribution in [3.05, 3.63) is 69.3 Å². The standard InChI is InChI=1S/C34H38N4O4.2C4H10N2O/c1-7-21-17(3)25-13-26-19(5)23(9-11-33(39)40)31(37-26)16-32-24(10-12-34(41)42)20(6)28(38-32)15-30-22(8-2)18(4)27(36-30)14-29(21)35-25;2*1-6(2)3-4(5)7/h13-16,35-36H,7-12H2,1-6H3,(H,39,40)(H,41,42);2*3H2,1-2H3,(H2,5,7). The third-order valence-electron chi connectivity index (χ3n) is 9.63. The minimum atomic E-state index is -0.869. The number of hydrogen-bond acceptors (Lipinski definition) is 8. The molecule has 0 radical (unpaired) electrons. The third kappa shape index (κ3) is 11.7. The molecule has 14 heteroatoms. The van der Waals surface area contributed by atoms with E-state index in [2.05, 4.69) is 49.8 Å². The van der Waals surface area contributed by atoms with E-state index in [1.165, 1.54) is 16.7 Å². The van der Waals surface area contributed by atoms with Gasteiger partial charge in [0.2, 0.25) is 11.8 Å². The molecule has 3 aromatic heterocycles. The molecule has 0 unspecified atom stereocenters. The first-order chi connectivity index (χ1) is 26.3. The number of carbonyl (C=O) groups is 4. The van der Waals surface area contributed by atoms with Crippen LogP contribution in [-0.2, 0) is 32.0 Å². The van der Waals surface area contributed by atoms with Crippen LogP contribution in [0.1, 0.15) is 98.4 Å². The van der Waals surface area contributed by atoms with Crippen LogP contribution in [0.2, 0.25) is 0 Å². The van der Waals surface area contributed by atoms with Crippen molar-refractivity contribution in [1.29, 1.82) is 0 Å². The molecule has 0 spiro atoms. The van der Waals surface area contributed by atoms with Crippen LogP contribution in [-0.4, -0.2) is 105 Å². The molecule has 14 nitrogen and oxygen atoms in total. The molecule has 3 aromatic rings. The van der Waals surface area contributed by atoms with Crippen LogP contribution in [0.3, 0.4) is 0 Å². The average molecular weight is 771 g/mol. The lowest BCUT2D eigenvalue weighted by Crippen LogP contribution is -2.27. The number of nitrogens with one attached hydrogen (secondary N) is 2. The number of carbonyl (C=O) groups excluding carboxylic acids is 2. The highest BCUT2D eigenvalue weighted by Crippen LogP contribution is 2.38. The van der Waals surface area contributed by atoms with Crippen LogP contribution in [0.15, 0.2) is 24.3 Å². The number of likely N-dealkylation sites (N-methyl/N-ethyl adjacent to an activating group) is 2. The highest BCUT2D eigenvalue weighted by Gasteiger charge is 2.23. The lowest BCUT2D eigenvalue weighted by molar-refractivity contribution is -0.137. The number of H-pyrrole nitrogens is 2. The first-order valence-corrected chi connectivity index (χ1v) is 18.7. The van der Waals surface area contributed by atoms with Gasteiger partial charge in [0, 0.05) is 34.9 Å². The average Bonchev–Trinajstić information content (AvgIpc) is 3.74. The summed E-state index contributed by atoms with van der Waals surface area (Å²) in [6.45, 7) is 13.2. The molecule has 5 heterocycles.